The van der Waals surface area contributed by atoms with E-state index in [9.17, 15) is 26.4 Å². The summed E-state index contributed by atoms with van der Waals surface area (Å²) < 4.78 is 66.4. The number of alkyl halides is 3. The van der Waals surface area contributed by atoms with E-state index in [1.165, 1.54) is 12.1 Å². The highest BCUT2D eigenvalue weighted by atomic mass is 35.5. The Balaban J connectivity index is 0.00000253. The number of nitrogens with one attached hydrogen (secondary N) is 1. The summed E-state index contributed by atoms with van der Waals surface area (Å²) in [5, 5.41) is 0.690. The van der Waals surface area contributed by atoms with Crippen LogP contribution in [0.25, 0.3) is 0 Å². The fraction of sp³-hybridized carbons (Fsp3) is 0.357. The third-order valence-electron chi connectivity index (χ3n) is 7.40. The van der Waals surface area contributed by atoms with Crippen molar-refractivity contribution < 1.29 is 29.2 Å². The van der Waals surface area contributed by atoms with Crippen molar-refractivity contribution >= 4 is 44.7 Å². The van der Waals surface area contributed by atoms with Gasteiger partial charge in [-0.3, -0.25) is 9.52 Å². The number of fused-ring (bicyclic) bond motifs is 1. The molecule has 2 aliphatic heterocycles. The maximum Gasteiger partial charge on any atom is 0.433 e. The van der Waals surface area contributed by atoms with Crippen molar-refractivity contribution in [3.8, 4) is 0 Å². The van der Waals surface area contributed by atoms with Crippen molar-refractivity contribution in [3.63, 3.8) is 0 Å². The van der Waals surface area contributed by atoms with Gasteiger partial charge in [-0.15, -0.1) is 0 Å². The zero-order chi connectivity index (χ0) is 29.4. The molecule has 0 spiro atoms. The molecule has 1 N–H and O–H groups in total. The zero-order valence-electron chi connectivity index (χ0n) is 22.2. The highest BCUT2D eigenvalue weighted by Crippen LogP contribution is 2.32. The van der Waals surface area contributed by atoms with Gasteiger partial charge in [0.1, 0.15) is 17.6 Å². The third-order valence-corrected chi connectivity index (χ3v) is 9.01. The Morgan fingerprint density at radius 3 is 2.41 bits per heavy atom. The molecule has 3 heterocycles. The first-order valence-corrected chi connectivity index (χ1v) is 15.0. The number of hydrogen-bond donors (Lipinski definition) is 1. The Bertz CT molecular complexity index is 1540. The first-order chi connectivity index (χ1) is 19.4. The Morgan fingerprint density at radius 1 is 1.02 bits per heavy atom. The summed E-state index contributed by atoms with van der Waals surface area (Å²) in [6, 6.07) is 14.6. The van der Waals surface area contributed by atoms with Crippen LogP contribution in [-0.4, -0.2) is 63.0 Å². The minimum absolute atomic E-state index is 0. The number of sulfonamides is 1. The summed E-state index contributed by atoms with van der Waals surface area (Å²) >= 11 is 6.17. The van der Waals surface area contributed by atoms with E-state index in [2.05, 4.69) is 19.5 Å². The van der Waals surface area contributed by atoms with Crippen LogP contribution in [0.4, 0.5) is 30.4 Å². The van der Waals surface area contributed by atoms with Gasteiger partial charge >= 0.3 is 6.18 Å². The summed E-state index contributed by atoms with van der Waals surface area (Å²) in [6.07, 6.45) is -2.80. The van der Waals surface area contributed by atoms with Crippen LogP contribution in [0.3, 0.4) is 0 Å². The van der Waals surface area contributed by atoms with Gasteiger partial charge < -0.3 is 14.7 Å². The van der Waals surface area contributed by atoms with Gasteiger partial charge in [0.15, 0.2) is 0 Å². The first kappa shape index (κ1) is 29.0. The van der Waals surface area contributed by atoms with Gasteiger partial charge in [0.25, 0.3) is 10.0 Å². The molecule has 1 atom stereocenters. The van der Waals surface area contributed by atoms with E-state index in [0.29, 0.717) is 31.2 Å². The maximum absolute atomic E-state index is 13.4. The van der Waals surface area contributed by atoms with Crippen molar-refractivity contribution in [2.45, 2.75) is 36.9 Å². The number of aromatic nitrogens is 1. The summed E-state index contributed by atoms with van der Waals surface area (Å²) in [5.41, 5.74) is 1.79. The second kappa shape index (κ2) is 11.4. The number of hydrogen-bond acceptors (Lipinski definition) is 6. The number of halogens is 4. The van der Waals surface area contributed by atoms with E-state index in [1.807, 2.05) is 30.0 Å². The SMILES string of the molecule is C[C@@H](C(=O)N1CCN(c2ccc(S(=O)(=O)Nc3cccc(C(F)(F)F)n3)cc2)CC1)N1CCCc2cc(Cl)ccc21.[HH].[HH]. The molecule has 0 radical (unpaired) electrons. The molecule has 3 aromatic rings. The van der Waals surface area contributed by atoms with E-state index in [-0.39, 0.29) is 19.7 Å². The van der Waals surface area contributed by atoms with Crippen LogP contribution in [0.15, 0.2) is 65.6 Å². The normalized spacial score (nSPS) is 16.8. The van der Waals surface area contributed by atoms with Crippen LogP contribution in [0.5, 0.6) is 0 Å². The molecule has 41 heavy (non-hydrogen) atoms. The molecule has 1 amide bonds. The molecule has 222 valence electrons. The van der Waals surface area contributed by atoms with E-state index < -0.39 is 27.7 Å². The number of pyridine rings is 1. The fourth-order valence-electron chi connectivity index (χ4n) is 5.26. The molecule has 5 rings (SSSR count). The minimum atomic E-state index is -4.69. The number of benzene rings is 2. The summed E-state index contributed by atoms with van der Waals surface area (Å²) in [6.45, 7) is 4.92. The minimum Gasteiger partial charge on any atom is -0.368 e. The summed E-state index contributed by atoms with van der Waals surface area (Å²) in [5.74, 6) is -0.362. The summed E-state index contributed by atoms with van der Waals surface area (Å²) in [4.78, 5) is 22.7. The standard InChI is InChI=1S/C28H29ClF3N5O3S.2H2/c1-19(37-13-3-4-20-18-21(29)7-12-24(20)37)27(38)36-16-14-35(15-17-36)22-8-10-23(11-9-22)41(39,40)34-26-6-2-5-25(33-26)28(30,31)32;;/h2,5-12,18-19H,3-4,13-17H2,1H3,(H,33,34);2*1H/t19-;;/m0../s1. The number of anilines is 3. The van der Waals surface area contributed by atoms with Gasteiger partial charge in [-0.25, -0.2) is 13.4 Å². The van der Waals surface area contributed by atoms with Crippen molar-refractivity contribution in [1.82, 2.24) is 9.88 Å². The average Bonchev–Trinajstić information content (AvgIpc) is 2.95. The van der Waals surface area contributed by atoms with Crippen molar-refractivity contribution in [1.29, 1.82) is 0 Å². The highest BCUT2D eigenvalue weighted by molar-refractivity contribution is 7.92. The highest BCUT2D eigenvalue weighted by Gasteiger charge is 2.33. The van der Waals surface area contributed by atoms with Crippen LogP contribution in [-0.2, 0) is 27.4 Å². The molecule has 0 bridgehead atoms. The lowest BCUT2D eigenvalue weighted by Gasteiger charge is -2.41. The molecule has 13 heteroatoms. The zero-order valence-corrected chi connectivity index (χ0v) is 23.8. The van der Waals surface area contributed by atoms with E-state index in [0.717, 1.165) is 54.5 Å². The Labute approximate surface area is 244 Å². The topological polar surface area (TPSA) is 85.8 Å². The second-order valence-electron chi connectivity index (χ2n) is 10.1. The van der Waals surface area contributed by atoms with E-state index in [1.54, 1.807) is 12.1 Å². The number of nitrogens with zero attached hydrogens (tertiary/aromatic N) is 4. The number of piperazine rings is 1. The largest absolute Gasteiger partial charge is 0.433 e. The summed E-state index contributed by atoms with van der Waals surface area (Å²) in [7, 11) is -4.15. The predicted molar refractivity (Wildman–Crippen MR) is 156 cm³/mol. The molecule has 0 aliphatic carbocycles. The number of amides is 1. The van der Waals surface area contributed by atoms with Crippen LogP contribution in [0.2, 0.25) is 5.02 Å². The van der Waals surface area contributed by atoms with Crippen LogP contribution in [0.1, 0.15) is 27.5 Å². The van der Waals surface area contributed by atoms with E-state index >= 15 is 0 Å². The quantitative estimate of drug-likeness (QED) is 0.394. The molecule has 1 saturated heterocycles. The lowest BCUT2D eigenvalue weighted by Crippen LogP contribution is -2.55. The Morgan fingerprint density at radius 2 is 1.73 bits per heavy atom. The van der Waals surface area contributed by atoms with Crippen LogP contribution < -0.4 is 14.5 Å². The van der Waals surface area contributed by atoms with Crippen LogP contribution in [0, 0.1) is 0 Å². The maximum atomic E-state index is 13.4. The van der Waals surface area contributed by atoms with Gasteiger partial charge in [-0.1, -0.05) is 17.7 Å². The van der Waals surface area contributed by atoms with Crippen molar-refractivity contribution in [2.75, 3.05) is 47.2 Å². The number of aryl methyl sites for hydroxylation is 1. The van der Waals surface area contributed by atoms with Gasteiger partial charge in [0.2, 0.25) is 5.91 Å². The monoisotopic (exact) mass is 611 g/mol. The molecule has 8 nitrogen and oxygen atoms in total. The smallest absolute Gasteiger partial charge is 0.368 e. The molecule has 2 aliphatic rings. The van der Waals surface area contributed by atoms with Crippen molar-refractivity contribution in [3.05, 3.63) is 76.9 Å². The van der Waals surface area contributed by atoms with Gasteiger partial charge in [-0.2, -0.15) is 13.2 Å². The molecular formula is C28H33ClF3N5O3S. The number of carbonyl (C=O) groups excluding carboxylic acids is 1. The molecular weight excluding hydrogens is 579 g/mol. The van der Waals surface area contributed by atoms with Crippen molar-refractivity contribution in [2.24, 2.45) is 0 Å². The molecule has 0 saturated carbocycles. The second-order valence-corrected chi connectivity index (χ2v) is 12.2. The van der Waals surface area contributed by atoms with Gasteiger partial charge in [0, 0.05) is 52.0 Å². The Kier molecular flexibility index (Phi) is 8.06. The fourth-order valence-corrected chi connectivity index (χ4v) is 6.46. The molecule has 1 aromatic heterocycles. The van der Waals surface area contributed by atoms with E-state index in [4.69, 9.17) is 11.6 Å². The number of rotatable bonds is 6. The third kappa shape index (κ3) is 6.38. The average molecular weight is 612 g/mol. The lowest BCUT2D eigenvalue weighted by atomic mass is 10.00. The lowest BCUT2D eigenvalue weighted by molar-refractivity contribution is -0.141. The first-order valence-electron chi connectivity index (χ1n) is 13.2. The molecule has 1 fully saturated rings. The predicted octanol–water partition coefficient (Wildman–Crippen LogP) is 5.54. The molecule has 0 unspecified atom stereocenters. The van der Waals surface area contributed by atoms with Crippen LogP contribution >= 0.6 is 11.6 Å². The number of carbonyl (C=O) groups is 1. The molecule has 2 aromatic carbocycles. The van der Waals surface area contributed by atoms with Gasteiger partial charge in [-0.05, 0) is 79.9 Å². The Hall–Kier alpha value is -3.51. The van der Waals surface area contributed by atoms with Gasteiger partial charge in [0.05, 0.1) is 4.90 Å².